The van der Waals surface area contributed by atoms with Crippen LogP contribution < -0.4 is 11.1 Å². The number of rotatable bonds is 3. The minimum absolute atomic E-state index is 0.0631. The molecule has 1 amide bonds. The molecule has 0 bridgehead atoms. The van der Waals surface area contributed by atoms with Gasteiger partial charge >= 0.3 is 0 Å². The summed E-state index contributed by atoms with van der Waals surface area (Å²) in [5.41, 5.74) is 7.08. The van der Waals surface area contributed by atoms with E-state index in [1.165, 1.54) is 0 Å². The summed E-state index contributed by atoms with van der Waals surface area (Å²) in [7, 11) is 0. The van der Waals surface area contributed by atoms with Crippen molar-refractivity contribution in [2.24, 2.45) is 16.6 Å². The van der Waals surface area contributed by atoms with Crippen molar-refractivity contribution in [2.45, 2.75) is 39.8 Å². The molecule has 0 radical (unpaired) electrons. The molecule has 0 saturated heterocycles. The standard InChI is InChI=1S/C17H24N2O/c1-16(2)14(18)17(3,4)15(16)19-13(20)11-10-12-8-6-5-7-9-12/h5-11,14-15H,18H2,1-4H3,(H,19,20). The van der Waals surface area contributed by atoms with Crippen LogP contribution in [0.5, 0.6) is 0 Å². The van der Waals surface area contributed by atoms with E-state index >= 15 is 0 Å². The normalized spacial score (nSPS) is 27.1. The summed E-state index contributed by atoms with van der Waals surface area (Å²) in [5, 5.41) is 3.09. The quantitative estimate of drug-likeness (QED) is 0.831. The monoisotopic (exact) mass is 272 g/mol. The molecule has 20 heavy (non-hydrogen) atoms. The Kier molecular flexibility index (Phi) is 3.74. The van der Waals surface area contributed by atoms with E-state index in [0.29, 0.717) is 0 Å². The minimum atomic E-state index is -0.0697. The molecule has 0 unspecified atom stereocenters. The van der Waals surface area contributed by atoms with Crippen molar-refractivity contribution in [1.82, 2.24) is 5.32 Å². The lowest BCUT2D eigenvalue weighted by atomic mass is 9.48. The molecule has 108 valence electrons. The molecular formula is C17H24N2O. The zero-order valence-electron chi connectivity index (χ0n) is 12.7. The first-order valence-electron chi connectivity index (χ1n) is 7.05. The van der Waals surface area contributed by atoms with Crippen molar-refractivity contribution in [3.8, 4) is 0 Å². The first kappa shape index (κ1) is 14.8. The highest BCUT2D eigenvalue weighted by molar-refractivity contribution is 5.92. The summed E-state index contributed by atoms with van der Waals surface area (Å²) in [6.07, 6.45) is 3.42. The zero-order valence-corrected chi connectivity index (χ0v) is 12.7. The van der Waals surface area contributed by atoms with E-state index in [1.807, 2.05) is 36.4 Å². The maximum Gasteiger partial charge on any atom is 0.244 e. The van der Waals surface area contributed by atoms with Gasteiger partial charge in [-0.25, -0.2) is 0 Å². The summed E-state index contributed by atoms with van der Waals surface area (Å²) in [6.45, 7) is 8.42. The Hall–Kier alpha value is -1.61. The van der Waals surface area contributed by atoms with Crippen LogP contribution in [0.15, 0.2) is 36.4 Å². The molecule has 1 aliphatic carbocycles. The van der Waals surface area contributed by atoms with E-state index in [2.05, 4.69) is 33.0 Å². The Morgan fingerprint density at radius 2 is 1.70 bits per heavy atom. The van der Waals surface area contributed by atoms with E-state index in [1.54, 1.807) is 6.08 Å². The molecule has 0 aliphatic heterocycles. The molecule has 1 aromatic carbocycles. The largest absolute Gasteiger partial charge is 0.349 e. The van der Waals surface area contributed by atoms with Crippen molar-refractivity contribution >= 4 is 12.0 Å². The summed E-state index contributed by atoms with van der Waals surface area (Å²) in [5.74, 6) is -0.0631. The predicted octanol–water partition coefficient (Wildman–Crippen LogP) is 2.58. The predicted molar refractivity (Wildman–Crippen MR) is 82.9 cm³/mol. The fourth-order valence-electron chi connectivity index (χ4n) is 3.48. The Morgan fingerprint density at radius 1 is 1.15 bits per heavy atom. The lowest BCUT2D eigenvalue weighted by molar-refractivity contribution is -0.127. The number of nitrogens with two attached hydrogens (primary N) is 1. The minimum Gasteiger partial charge on any atom is -0.349 e. The molecule has 1 aliphatic rings. The smallest absolute Gasteiger partial charge is 0.244 e. The number of carbonyl (C=O) groups is 1. The second-order valence-electron chi connectivity index (χ2n) is 6.81. The van der Waals surface area contributed by atoms with E-state index < -0.39 is 0 Å². The highest BCUT2D eigenvalue weighted by atomic mass is 16.1. The fourth-order valence-corrected chi connectivity index (χ4v) is 3.48. The first-order chi connectivity index (χ1) is 9.26. The van der Waals surface area contributed by atoms with Crippen molar-refractivity contribution in [3.63, 3.8) is 0 Å². The second kappa shape index (κ2) is 5.06. The molecule has 1 fully saturated rings. The molecule has 1 saturated carbocycles. The van der Waals surface area contributed by atoms with Crippen LogP contribution in [0.25, 0.3) is 6.08 Å². The first-order valence-corrected chi connectivity index (χ1v) is 7.05. The van der Waals surface area contributed by atoms with Crippen LogP contribution in [0.1, 0.15) is 33.3 Å². The molecule has 3 heteroatoms. The number of nitrogens with one attached hydrogen (secondary N) is 1. The lowest BCUT2D eigenvalue weighted by Crippen LogP contribution is -2.75. The van der Waals surface area contributed by atoms with Gasteiger partial charge in [0.2, 0.25) is 5.91 Å². The summed E-state index contributed by atoms with van der Waals surface area (Å²) >= 11 is 0. The molecule has 0 aromatic heterocycles. The van der Waals surface area contributed by atoms with E-state index in [9.17, 15) is 4.79 Å². The topological polar surface area (TPSA) is 55.1 Å². The van der Waals surface area contributed by atoms with Gasteiger partial charge < -0.3 is 11.1 Å². The SMILES string of the molecule is CC1(C)C(N)C(C)(C)C1NC(=O)C=Cc1ccccc1. The van der Waals surface area contributed by atoms with Gasteiger partial charge in [-0.1, -0.05) is 58.0 Å². The van der Waals surface area contributed by atoms with E-state index in [4.69, 9.17) is 5.73 Å². The van der Waals surface area contributed by atoms with Gasteiger partial charge in [-0.2, -0.15) is 0 Å². The highest BCUT2D eigenvalue weighted by Crippen LogP contribution is 2.52. The summed E-state index contributed by atoms with van der Waals surface area (Å²) < 4.78 is 0. The molecule has 2 rings (SSSR count). The van der Waals surface area contributed by atoms with E-state index in [-0.39, 0.29) is 28.8 Å². The van der Waals surface area contributed by atoms with Crippen LogP contribution >= 0.6 is 0 Å². The van der Waals surface area contributed by atoms with Crippen LogP contribution in [0.2, 0.25) is 0 Å². The van der Waals surface area contributed by atoms with Gasteiger partial charge in [0, 0.05) is 29.0 Å². The third kappa shape index (κ3) is 2.50. The maximum atomic E-state index is 12.1. The Balaban J connectivity index is 2.01. The van der Waals surface area contributed by atoms with Crippen molar-refractivity contribution in [3.05, 3.63) is 42.0 Å². The molecule has 0 spiro atoms. The third-order valence-corrected chi connectivity index (χ3v) is 4.60. The maximum absolute atomic E-state index is 12.1. The van der Waals surface area contributed by atoms with Crippen molar-refractivity contribution in [2.75, 3.05) is 0 Å². The van der Waals surface area contributed by atoms with Gasteiger partial charge in [0.05, 0.1) is 0 Å². The molecule has 3 nitrogen and oxygen atoms in total. The highest BCUT2D eigenvalue weighted by Gasteiger charge is 2.60. The summed E-state index contributed by atoms with van der Waals surface area (Å²) in [6, 6.07) is 9.99. The fraction of sp³-hybridized carbons (Fsp3) is 0.471. The van der Waals surface area contributed by atoms with Gasteiger partial charge in [-0.05, 0) is 11.6 Å². The van der Waals surface area contributed by atoms with Crippen LogP contribution in [0.4, 0.5) is 0 Å². The van der Waals surface area contributed by atoms with Crippen LogP contribution in [-0.4, -0.2) is 18.0 Å². The molecule has 0 heterocycles. The van der Waals surface area contributed by atoms with Crippen LogP contribution in [0.3, 0.4) is 0 Å². The van der Waals surface area contributed by atoms with Crippen molar-refractivity contribution in [1.29, 1.82) is 0 Å². The van der Waals surface area contributed by atoms with Gasteiger partial charge in [0.25, 0.3) is 0 Å². The zero-order chi connectivity index (χ0) is 15.0. The second-order valence-corrected chi connectivity index (χ2v) is 6.81. The number of carbonyl (C=O) groups excluding carboxylic acids is 1. The Labute approximate surface area is 121 Å². The Bertz CT molecular complexity index is 501. The van der Waals surface area contributed by atoms with Crippen LogP contribution in [0, 0.1) is 10.8 Å². The number of hydrogen-bond donors (Lipinski definition) is 2. The van der Waals surface area contributed by atoms with Crippen molar-refractivity contribution < 1.29 is 4.79 Å². The number of amides is 1. The molecule has 3 N–H and O–H groups in total. The average molecular weight is 272 g/mol. The van der Waals surface area contributed by atoms with Crippen LogP contribution in [-0.2, 0) is 4.79 Å². The van der Waals surface area contributed by atoms with Gasteiger partial charge in [0.1, 0.15) is 0 Å². The third-order valence-electron chi connectivity index (χ3n) is 4.60. The van der Waals surface area contributed by atoms with Gasteiger partial charge in [0.15, 0.2) is 0 Å². The van der Waals surface area contributed by atoms with Gasteiger partial charge in [-0.15, -0.1) is 0 Å². The lowest BCUT2D eigenvalue weighted by Gasteiger charge is -2.62. The molecule has 1 aromatic rings. The molecular weight excluding hydrogens is 248 g/mol. The average Bonchev–Trinajstić information content (AvgIpc) is 2.42. The number of hydrogen-bond acceptors (Lipinski definition) is 2. The number of benzene rings is 1. The molecule has 0 atom stereocenters. The van der Waals surface area contributed by atoms with E-state index in [0.717, 1.165) is 5.56 Å². The van der Waals surface area contributed by atoms with Gasteiger partial charge in [-0.3, -0.25) is 4.79 Å². The summed E-state index contributed by atoms with van der Waals surface area (Å²) in [4.78, 5) is 12.1. The Morgan fingerprint density at radius 3 is 2.25 bits per heavy atom.